The van der Waals surface area contributed by atoms with Gasteiger partial charge >= 0.3 is 0 Å². The van der Waals surface area contributed by atoms with E-state index in [4.69, 9.17) is 4.84 Å². The maximum absolute atomic E-state index is 12.5. The van der Waals surface area contributed by atoms with Crippen molar-refractivity contribution < 1.29 is 18.0 Å². The molecule has 0 radical (unpaired) electrons. The predicted octanol–water partition coefficient (Wildman–Crippen LogP) is 2.76. The lowest BCUT2D eigenvalue weighted by atomic mass is 10.00. The fourth-order valence-corrected chi connectivity index (χ4v) is 4.68. The van der Waals surface area contributed by atoms with Gasteiger partial charge in [-0.05, 0) is 53.4 Å². The number of amides is 1. The van der Waals surface area contributed by atoms with E-state index in [2.05, 4.69) is 39.5 Å². The van der Waals surface area contributed by atoms with Crippen LogP contribution in [0, 0.1) is 0 Å². The van der Waals surface area contributed by atoms with Crippen LogP contribution in [-0.2, 0) is 34.4 Å². The van der Waals surface area contributed by atoms with Crippen LogP contribution in [0.1, 0.15) is 27.0 Å². The Hall–Kier alpha value is -3.27. The van der Waals surface area contributed by atoms with E-state index < -0.39 is 10.0 Å². The average molecular weight is 467 g/mol. The van der Waals surface area contributed by atoms with E-state index in [1.165, 1.54) is 49.5 Å². The van der Waals surface area contributed by atoms with Gasteiger partial charge in [0.2, 0.25) is 0 Å². The van der Waals surface area contributed by atoms with Crippen molar-refractivity contribution in [1.29, 1.82) is 0 Å². The number of aromatic nitrogens is 1. The molecule has 1 aromatic heterocycles. The van der Waals surface area contributed by atoms with E-state index in [0.29, 0.717) is 12.1 Å². The number of carbonyl (C=O) groups is 1. The number of anilines is 1. The highest BCUT2D eigenvalue weighted by atomic mass is 32.2. The van der Waals surface area contributed by atoms with Crippen LogP contribution in [-0.4, -0.2) is 44.5 Å². The van der Waals surface area contributed by atoms with Crippen LogP contribution < -0.4 is 10.2 Å². The van der Waals surface area contributed by atoms with Gasteiger partial charge in [-0.3, -0.25) is 9.63 Å². The molecule has 1 N–H and O–H groups in total. The highest BCUT2D eigenvalue weighted by Crippen LogP contribution is 2.23. The van der Waals surface area contributed by atoms with E-state index >= 15 is 0 Å². The smallest absolute Gasteiger partial charge is 0.264 e. The quantitative estimate of drug-likeness (QED) is 0.539. The summed E-state index contributed by atoms with van der Waals surface area (Å²) < 4.78 is 25.3. The minimum Gasteiger partial charge on any atom is -0.352 e. The number of fused-ring (bicyclic) bond motifs is 1. The van der Waals surface area contributed by atoms with Gasteiger partial charge in [-0.1, -0.05) is 34.8 Å². The maximum Gasteiger partial charge on any atom is 0.264 e. The molecule has 0 fully saturated rings. The molecule has 0 unspecified atom stereocenters. The summed E-state index contributed by atoms with van der Waals surface area (Å²) in [6.07, 6.45) is 2.77. The molecule has 2 heterocycles. The number of hydroxylamine groups is 1. The van der Waals surface area contributed by atoms with Crippen LogP contribution in [0.15, 0.2) is 71.8 Å². The van der Waals surface area contributed by atoms with E-state index in [1.54, 1.807) is 6.20 Å². The Kier molecular flexibility index (Phi) is 6.73. The topological polar surface area (TPSA) is 91.8 Å². The molecule has 3 aromatic rings. The van der Waals surface area contributed by atoms with E-state index in [9.17, 15) is 13.2 Å². The first-order valence-electron chi connectivity index (χ1n) is 10.6. The number of nitrogens with zero attached hydrogens (tertiary/aromatic N) is 3. The van der Waals surface area contributed by atoms with Gasteiger partial charge in [0.05, 0.1) is 12.0 Å². The van der Waals surface area contributed by atoms with Crippen LogP contribution in [0.5, 0.6) is 0 Å². The summed E-state index contributed by atoms with van der Waals surface area (Å²) in [7, 11) is -1.17. The second-order valence-corrected chi connectivity index (χ2v) is 9.71. The molecule has 2 aromatic carbocycles. The van der Waals surface area contributed by atoms with Crippen molar-refractivity contribution >= 4 is 21.7 Å². The van der Waals surface area contributed by atoms with Crippen molar-refractivity contribution in [3.8, 4) is 0 Å². The lowest BCUT2D eigenvalue weighted by Crippen LogP contribution is -2.31. The first-order chi connectivity index (χ1) is 15.9. The van der Waals surface area contributed by atoms with E-state index in [0.717, 1.165) is 35.4 Å². The number of carbonyl (C=O) groups excluding carboxylic acids is 1. The molecule has 33 heavy (non-hydrogen) atoms. The van der Waals surface area contributed by atoms with Crippen molar-refractivity contribution in [2.75, 3.05) is 25.6 Å². The Labute approximate surface area is 193 Å². The van der Waals surface area contributed by atoms with Gasteiger partial charge in [0.25, 0.3) is 15.9 Å². The molecule has 0 saturated heterocycles. The summed E-state index contributed by atoms with van der Waals surface area (Å²) in [5, 5.41) is 2.84. The zero-order chi connectivity index (χ0) is 23.4. The minimum absolute atomic E-state index is 0.0449. The predicted molar refractivity (Wildman–Crippen MR) is 125 cm³/mol. The van der Waals surface area contributed by atoms with Gasteiger partial charge in [-0.25, -0.2) is 13.4 Å². The fraction of sp³-hybridized carbons (Fsp3) is 0.250. The average Bonchev–Trinajstić information content (AvgIpc) is 2.86. The molecule has 9 heteroatoms. The number of sulfonamides is 1. The van der Waals surface area contributed by atoms with Crippen molar-refractivity contribution in [3.63, 3.8) is 0 Å². The zero-order valence-corrected chi connectivity index (χ0v) is 19.4. The highest BCUT2D eigenvalue weighted by Gasteiger charge is 2.21. The summed E-state index contributed by atoms with van der Waals surface area (Å²) >= 11 is 0. The Morgan fingerprint density at radius 3 is 2.48 bits per heavy atom. The first kappa shape index (κ1) is 22.9. The summed E-state index contributed by atoms with van der Waals surface area (Å²) in [6, 6.07) is 18.1. The molecule has 1 aliphatic heterocycles. The molecule has 1 amide bonds. The molecule has 0 bridgehead atoms. The second-order valence-electron chi connectivity index (χ2n) is 7.77. The summed E-state index contributed by atoms with van der Waals surface area (Å²) in [5.41, 5.74) is 3.97. The zero-order valence-electron chi connectivity index (χ0n) is 18.6. The number of hydrogen-bond donors (Lipinski definition) is 1. The number of rotatable bonds is 7. The van der Waals surface area contributed by atoms with Gasteiger partial charge in [0, 0.05) is 38.4 Å². The van der Waals surface area contributed by atoms with Crippen LogP contribution >= 0.6 is 0 Å². The van der Waals surface area contributed by atoms with Crippen molar-refractivity contribution in [1.82, 2.24) is 14.8 Å². The molecular formula is C24H26N4O4S. The van der Waals surface area contributed by atoms with E-state index in [-0.39, 0.29) is 10.8 Å². The third-order valence-electron chi connectivity index (χ3n) is 5.73. The minimum atomic E-state index is -3.75. The van der Waals surface area contributed by atoms with Crippen molar-refractivity contribution in [2.45, 2.75) is 24.4 Å². The van der Waals surface area contributed by atoms with Gasteiger partial charge in [-0.2, -0.15) is 0 Å². The van der Waals surface area contributed by atoms with Crippen molar-refractivity contribution in [2.24, 2.45) is 0 Å². The summed E-state index contributed by atoms with van der Waals surface area (Å²) in [5.74, 6) is 0.619. The van der Waals surface area contributed by atoms with Gasteiger partial charge in [-0.15, -0.1) is 0 Å². The summed E-state index contributed by atoms with van der Waals surface area (Å²) in [6.45, 7) is 2.08. The maximum atomic E-state index is 12.5. The van der Waals surface area contributed by atoms with Crippen LogP contribution in [0.4, 0.5) is 5.82 Å². The summed E-state index contributed by atoms with van der Waals surface area (Å²) in [4.78, 5) is 24.1. The molecule has 172 valence electrons. The number of hydrogen-bond acceptors (Lipinski definition) is 6. The Bertz CT molecular complexity index is 1230. The molecular weight excluding hydrogens is 440 g/mol. The standard InChI is InChI=1S/C24H26N4O4S/c1-27(32-2)33(30,31)22-10-8-20(9-11-22)24(29)26-16-18-7-12-23(25-15-18)28-14-13-19-5-3-4-6-21(19)17-28/h3-12,15H,13-14,16-17H2,1-2H3,(H,26,29). The molecule has 0 aliphatic carbocycles. The Morgan fingerprint density at radius 1 is 1.09 bits per heavy atom. The monoisotopic (exact) mass is 466 g/mol. The first-order valence-corrected chi connectivity index (χ1v) is 12.0. The van der Waals surface area contributed by atoms with Crippen LogP contribution in [0.2, 0.25) is 0 Å². The molecule has 0 saturated carbocycles. The highest BCUT2D eigenvalue weighted by molar-refractivity contribution is 7.89. The Morgan fingerprint density at radius 2 is 1.82 bits per heavy atom. The van der Waals surface area contributed by atoms with Crippen molar-refractivity contribution in [3.05, 3.63) is 89.1 Å². The third-order valence-corrected chi connectivity index (χ3v) is 7.42. The molecule has 0 spiro atoms. The number of pyridine rings is 1. The molecule has 0 atom stereocenters. The van der Waals surface area contributed by atoms with Gasteiger partial charge in [0.1, 0.15) is 5.82 Å². The van der Waals surface area contributed by atoms with Gasteiger partial charge in [0.15, 0.2) is 0 Å². The molecule has 8 nitrogen and oxygen atoms in total. The SMILES string of the molecule is CON(C)S(=O)(=O)c1ccc(C(=O)NCc2ccc(N3CCc4ccccc4C3)nc2)cc1. The van der Waals surface area contributed by atoms with Crippen LogP contribution in [0.3, 0.4) is 0 Å². The fourth-order valence-electron chi connectivity index (χ4n) is 3.71. The van der Waals surface area contributed by atoms with Crippen LogP contribution in [0.25, 0.3) is 0 Å². The molecule has 1 aliphatic rings. The lowest BCUT2D eigenvalue weighted by Gasteiger charge is -2.29. The number of nitrogens with one attached hydrogen (secondary N) is 1. The Balaban J connectivity index is 1.34. The van der Waals surface area contributed by atoms with Gasteiger partial charge < -0.3 is 10.2 Å². The molecule has 4 rings (SSSR count). The van der Waals surface area contributed by atoms with E-state index in [1.807, 2.05) is 12.1 Å². The third kappa shape index (κ3) is 5.05. The normalized spacial score (nSPS) is 13.6. The largest absolute Gasteiger partial charge is 0.352 e. The second kappa shape index (κ2) is 9.70. The number of benzene rings is 2. The lowest BCUT2D eigenvalue weighted by molar-refractivity contribution is -0.0258.